The molecule has 0 unspecified atom stereocenters. The maximum atomic E-state index is 12.7. The Hall–Kier alpha value is -2.63. The fourth-order valence-corrected chi connectivity index (χ4v) is 3.52. The van der Waals surface area contributed by atoms with Crippen LogP contribution in [0.25, 0.3) is 0 Å². The summed E-state index contributed by atoms with van der Waals surface area (Å²) in [4.78, 5) is 23.1. The summed E-state index contributed by atoms with van der Waals surface area (Å²) in [6, 6.07) is 13.3. The van der Waals surface area contributed by atoms with E-state index in [4.69, 9.17) is 23.2 Å². The van der Waals surface area contributed by atoms with Gasteiger partial charge in [-0.1, -0.05) is 47.5 Å². The van der Waals surface area contributed by atoms with Crippen LogP contribution in [-0.2, 0) is 13.0 Å². The molecule has 4 rings (SSSR count). The van der Waals surface area contributed by atoms with Gasteiger partial charge in [0.05, 0.1) is 23.1 Å². The summed E-state index contributed by atoms with van der Waals surface area (Å²) in [5.74, 6) is 0.382. The quantitative estimate of drug-likeness (QED) is 0.692. The van der Waals surface area contributed by atoms with E-state index in [1.165, 1.54) is 23.5 Å². The molecule has 1 N–H and O–H groups in total. The van der Waals surface area contributed by atoms with Crippen molar-refractivity contribution in [1.29, 1.82) is 0 Å². The fraction of sp³-hybridized carbons (Fsp3) is 0.150. The number of aromatic nitrogens is 2. The summed E-state index contributed by atoms with van der Waals surface area (Å²) in [5, 5.41) is 4.11. The van der Waals surface area contributed by atoms with Gasteiger partial charge in [0.25, 0.3) is 5.91 Å². The molecule has 2 heterocycles. The Labute approximate surface area is 167 Å². The summed E-state index contributed by atoms with van der Waals surface area (Å²) in [6.45, 7) is 1.27. The van der Waals surface area contributed by atoms with Gasteiger partial charge in [0.15, 0.2) is 0 Å². The van der Waals surface area contributed by atoms with Crippen molar-refractivity contribution in [2.24, 2.45) is 0 Å². The first-order chi connectivity index (χ1) is 13.1. The molecule has 0 fully saturated rings. The largest absolute Gasteiger partial charge is 0.338 e. The van der Waals surface area contributed by atoms with E-state index in [9.17, 15) is 4.79 Å². The molecule has 0 atom stereocenters. The molecule has 1 aliphatic heterocycles. The predicted molar refractivity (Wildman–Crippen MR) is 107 cm³/mol. The van der Waals surface area contributed by atoms with Crippen LogP contribution in [0.15, 0.2) is 54.9 Å². The maximum Gasteiger partial charge on any atom is 0.274 e. The number of carbonyl (C=O) groups is 1. The van der Waals surface area contributed by atoms with Crippen LogP contribution in [0.2, 0.25) is 10.0 Å². The third kappa shape index (κ3) is 3.89. The lowest BCUT2D eigenvalue weighted by molar-refractivity contribution is 0.0728. The molecule has 0 aliphatic carbocycles. The van der Waals surface area contributed by atoms with Gasteiger partial charge in [-0.25, -0.2) is 9.97 Å². The van der Waals surface area contributed by atoms with Crippen LogP contribution >= 0.6 is 23.2 Å². The van der Waals surface area contributed by atoms with E-state index >= 15 is 0 Å². The summed E-state index contributed by atoms with van der Waals surface area (Å²) in [5.41, 5.74) is 3.47. The van der Waals surface area contributed by atoms with E-state index in [2.05, 4.69) is 27.4 Å². The van der Waals surface area contributed by atoms with Crippen LogP contribution in [0.5, 0.6) is 0 Å². The van der Waals surface area contributed by atoms with Crippen LogP contribution < -0.4 is 5.32 Å². The number of carbonyl (C=O) groups excluding carboxylic acids is 1. The van der Waals surface area contributed by atoms with Gasteiger partial charge in [0.1, 0.15) is 11.5 Å². The molecule has 2 aromatic carbocycles. The molecule has 136 valence electrons. The second kappa shape index (κ2) is 7.55. The zero-order chi connectivity index (χ0) is 18.8. The highest BCUT2D eigenvalue weighted by Gasteiger charge is 2.22. The molecule has 7 heteroatoms. The Morgan fingerprint density at radius 3 is 2.59 bits per heavy atom. The van der Waals surface area contributed by atoms with Gasteiger partial charge >= 0.3 is 0 Å². The summed E-state index contributed by atoms with van der Waals surface area (Å²) < 4.78 is 0. The van der Waals surface area contributed by atoms with Crippen LogP contribution in [0.4, 0.5) is 11.5 Å². The van der Waals surface area contributed by atoms with Crippen molar-refractivity contribution in [3.8, 4) is 0 Å². The number of nitrogens with zero attached hydrogens (tertiary/aromatic N) is 3. The smallest absolute Gasteiger partial charge is 0.274 e. The molecule has 27 heavy (non-hydrogen) atoms. The molecule has 1 amide bonds. The minimum atomic E-state index is -0.118. The predicted octanol–water partition coefficient (Wildman–Crippen LogP) is 4.73. The van der Waals surface area contributed by atoms with E-state index < -0.39 is 0 Å². The number of anilines is 2. The topological polar surface area (TPSA) is 58.1 Å². The molecule has 5 nitrogen and oxygen atoms in total. The molecule has 0 spiro atoms. The number of hydrogen-bond acceptors (Lipinski definition) is 4. The van der Waals surface area contributed by atoms with Gasteiger partial charge in [-0.05, 0) is 35.7 Å². The Morgan fingerprint density at radius 2 is 1.85 bits per heavy atom. The minimum Gasteiger partial charge on any atom is -0.338 e. The number of nitrogens with one attached hydrogen (secondary N) is 1. The van der Waals surface area contributed by atoms with E-state index in [0.29, 0.717) is 40.3 Å². The van der Waals surface area contributed by atoms with E-state index in [1.807, 2.05) is 12.1 Å². The number of amides is 1. The highest BCUT2D eigenvalue weighted by atomic mass is 35.5. The molecule has 1 aromatic heterocycles. The van der Waals surface area contributed by atoms with Crippen molar-refractivity contribution in [1.82, 2.24) is 14.9 Å². The Balaban J connectivity index is 1.47. The highest BCUT2D eigenvalue weighted by molar-refractivity contribution is 6.36. The highest BCUT2D eigenvalue weighted by Crippen LogP contribution is 2.27. The Kier molecular flexibility index (Phi) is 4.97. The first-order valence-corrected chi connectivity index (χ1v) is 9.26. The monoisotopic (exact) mass is 398 g/mol. The third-order valence-electron chi connectivity index (χ3n) is 4.48. The zero-order valence-corrected chi connectivity index (χ0v) is 15.8. The second-order valence-electron chi connectivity index (χ2n) is 6.28. The SMILES string of the molecule is O=C(c1cnc(Nc2ccc(Cl)cc2Cl)cn1)N1CCc2ccccc2C1. The second-order valence-corrected chi connectivity index (χ2v) is 7.13. The summed E-state index contributed by atoms with van der Waals surface area (Å²) in [7, 11) is 0. The molecule has 0 saturated heterocycles. The minimum absolute atomic E-state index is 0.118. The van der Waals surface area contributed by atoms with Crippen LogP contribution in [-0.4, -0.2) is 27.3 Å². The number of halogens is 2. The van der Waals surface area contributed by atoms with Gasteiger partial charge in [0, 0.05) is 18.1 Å². The molecular weight excluding hydrogens is 383 g/mol. The summed E-state index contributed by atoms with van der Waals surface area (Å²) >= 11 is 12.0. The normalized spacial score (nSPS) is 13.2. The standard InChI is InChI=1S/C20H16Cl2N4O/c21-15-5-6-17(16(22)9-15)25-19-11-23-18(10-24-19)20(27)26-8-7-13-3-1-2-4-14(13)12-26/h1-6,9-11H,7-8,12H2,(H,24,25). The van der Waals surface area contributed by atoms with Crippen LogP contribution in [0, 0.1) is 0 Å². The van der Waals surface area contributed by atoms with Gasteiger partial charge in [-0.15, -0.1) is 0 Å². The number of benzene rings is 2. The van der Waals surface area contributed by atoms with Gasteiger partial charge in [-0.3, -0.25) is 4.79 Å². The lowest BCUT2D eigenvalue weighted by Gasteiger charge is -2.28. The fourth-order valence-electron chi connectivity index (χ4n) is 3.06. The number of rotatable bonds is 3. The van der Waals surface area contributed by atoms with Crippen LogP contribution in [0.1, 0.15) is 21.6 Å². The van der Waals surface area contributed by atoms with E-state index in [1.54, 1.807) is 23.1 Å². The van der Waals surface area contributed by atoms with Crippen LogP contribution in [0.3, 0.4) is 0 Å². The molecular formula is C20H16Cl2N4O. The number of fused-ring (bicyclic) bond motifs is 1. The van der Waals surface area contributed by atoms with Gasteiger partial charge in [-0.2, -0.15) is 0 Å². The van der Waals surface area contributed by atoms with Crippen molar-refractivity contribution >= 4 is 40.6 Å². The summed E-state index contributed by atoms with van der Waals surface area (Å²) in [6.07, 6.45) is 3.86. The molecule has 1 aliphatic rings. The zero-order valence-electron chi connectivity index (χ0n) is 14.3. The van der Waals surface area contributed by atoms with Crippen molar-refractivity contribution in [2.75, 3.05) is 11.9 Å². The first-order valence-electron chi connectivity index (χ1n) is 8.50. The average Bonchev–Trinajstić information content (AvgIpc) is 2.70. The van der Waals surface area contributed by atoms with Crippen molar-refractivity contribution < 1.29 is 4.79 Å². The van der Waals surface area contributed by atoms with E-state index in [0.717, 1.165) is 6.42 Å². The molecule has 3 aromatic rings. The third-order valence-corrected chi connectivity index (χ3v) is 5.03. The number of hydrogen-bond donors (Lipinski definition) is 1. The van der Waals surface area contributed by atoms with Crippen molar-refractivity contribution in [3.63, 3.8) is 0 Å². The van der Waals surface area contributed by atoms with Crippen molar-refractivity contribution in [2.45, 2.75) is 13.0 Å². The lowest BCUT2D eigenvalue weighted by Crippen LogP contribution is -2.36. The van der Waals surface area contributed by atoms with Crippen molar-refractivity contribution in [3.05, 3.63) is 81.7 Å². The Morgan fingerprint density at radius 1 is 1.04 bits per heavy atom. The lowest BCUT2D eigenvalue weighted by atomic mass is 10.00. The molecule has 0 radical (unpaired) electrons. The van der Waals surface area contributed by atoms with Gasteiger partial charge < -0.3 is 10.2 Å². The van der Waals surface area contributed by atoms with E-state index in [-0.39, 0.29) is 5.91 Å². The maximum absolute atomic E-state index is 12.7. The van der Waals surface area contributed by atoms with Gasteiger partial charge in [0.2, 0.25) is 0 Å². The first kappa shape index (κ1) is 17.8. The molecule has 0 saturated carbocycles. The average molecular weight is 399 g/mol. The molecule has 0 bridgehead atoms. The Bertz CT molecular complexity index is 992.